The van der Waals surface area contributed by atoms with Gasteiger partial charge in [0, 0.05) is 16.6 Å². The number of benzene rings is 2. The summed E-state index contributed by atoms with van der Waals surface area (Å²) in [5.41, 5.74) is 3.96. The predicted molar refractivity (Wildman–Crippen MR) is 112 cm³/mol. The van der Waals surface area contributed by atoms with Gasteiger partial charge in [-0.3, -0.25) is 0 Å². The van der Waals surface area contributed by atoms with Crippen molar-refractivity contribution in [2.24, 2.45) is 0 Å². The number of ether oxygens (including phenoxy) is 2. The third kappa shape index (κ3) is 4.48. The Kier molecular flexibility index (Phi) is 5.98. The highest BCUT2D eigenvalue weighted by Gasteiger charge is 2.27. The highest BCUT2D eigenvalue weighted by molar-refractivity contribution is 6.60. The van der Waals surface area contributed by atoms with Gasteiger partial charge in [0.05, 0.1) is 14.2 Å². The van der Waals surface area contributed by atoms with Crippen LogP contribution in [0.4, 0.5) is 0 Å². The van der Waals surface area contributed by atoms with E-state index < -0.39 is 7.12 Å². The highest BCUT2D eigenvalue weighted by Crippen LogP contribution is 2.40. The summed E-state index contributed by atoms with van der Waals surface area (Å²) in [5.74, 6) is 1.16. The molecule has 0 amide bonds. The fourth-order valence-corrected chi connectivity index (χ4v) is 3.09. The van der Waals surface area contributed by atoms with Crippen molar-refractivity contribution in [1.82, 2.24) is 0 Å². The van der Waals surface area contributed by atoms with E-state index in [-0.39, 0.29) is 10.8 Å². The first kappa shape index (κ1) is 21.3. The van der Waals surface area contributed by atoms with E-state index in [1.54, 1.807) is 20.3 Å². The van der Waals surface area contributed by atoms with E-state index in [1.165, 1.54) is 0 Å². The fourth-order valence-electron chi connectivity index (χ4n) is 3.09. The van der Waals surface area contributed by atoms with Gasteiger partial charge in [-0.1, -0.05) is 53.7 Å². The van der Waals surface area contributed by atoms with Crippen LogP contribution >= 0.6 is 0 Å². The normalized spacial score (nSPS) is 12.1. The lowest BCUT2D eigenvalue weighted by molar-refractivity contribution is 0.401. The molecule has 5 heteroatoms. The quantitative estimate of drug-likeness (QED) is 0.807. The average Bonchev–Trinajstić information content (AvgIpc) is 2.58. The maximum absolute atomic E-state index is 9.95. The van der Waals surface area contributed by atoms with Gasteiger partial charge in [0.25, 0.3) is 0 Å². The van der Waals surface area contributed by atoms with Crippen LogP contribution < -0.4 is 14.9 Å². The average molecular weight is 370 g/mol. The molecule has 0 fully saturated rings. The van der Waals surface area contributed by atoms with Crippen molar-refractivity contribution >= 4 is 12.6 Å². The summed E-state index contributed by atoms with van der Waals surface area (Å²) in [6.45, 7) is 12.7. The van der Waals surface area contributed by atoms with Crippen LogP contribution in [0.1, 0.15) is 52.7 Å². The molecule has 0 atom stereocenters. The van der Waals surface area contributed by atoms with Gasteiger partial charge in [-0.2, -0.15) is 0 Å². The summed E-state index contributed by atoms with van der Waals surface area (Å²) in [4.78, 5) is 0. The Morgan fingerprint density at radius 3 is 1.74 bits per heavy atom. The highest BCUT2D eigenvalue weighted by atomic mass is 16.5. The summed E-state index contributed by atoms with van der Waals surface area (Å²) in [7, 11) is 1.55. The van der Waals surface area contributed by atoms with Gasteiger partial charge in [-0.05, 0) is 40.2 Å². The van der Waals surface area contributed by atoms with E-state index in [1.807, 2.05) is 6.07 Å². The van der Waals surface area contributed by atoms with E-state index in [0.717, 1.165) is 22.3 Å². The van der Waals surface area contributed by atoms with Gasteiger partial charge in [0.15, 0.2) is 0 Å². The molecule has 0 heterocycles. The lowest BCUT2D eigenvalue weighted by Crippen LogP contribution is -2.33. The molecule has 0 radical (unpaired) electrons. The van der Waals surface area contributed by atoms with Crippen molar-refractivity contribution in [3.8, 4) is 22.6 Å². The van der Waals surface area contributed by atoms with Gasteiger partial charge in [0.2, 0.25) is 0 Å². The van der Waals surface area contributed by atoms with E-state index in [4.69, 9.17) is 9.47 Å². The molecule has 0 saturated heterocycles. The summed E-state index contributed by atoms with van der Waals surface area (Å²) in [6.07, 6.45) is 0. The van der Waals surface area contributed by atoms with E-state index >= 15 is 0 Å². The third-order valence-electron chi connectivity index (χ3n) is 4.82. The smallest absolute Gasteiger partial charge is 0.492 e. The lowest BCUT2D eigenvalue weighted by atomic mass is 9.73. The molecule has 0 aliphatic heterocycles. The molecule has 0 aromatic heterocycles. The summed E-state index contributed by atoms with van der Waals surface area (Å²) < 4.78 is 11.2. The molecular weight excluding hydrogens is 339 g/mol. The minimum atomic E-state index is -1.63. The second-order valence-corrected chi connectivity index (χ2v) is 8.94. The Labute approximate surface area is 163 Å². The van der Waals surface area contributed by atoms with E-state index in [2.05, 4.69) is 59.7 Å². The Bertz CT molecular complexity index is 814. The Balaban J connectivity index is 2.90. The van der Waals surface area contributed by atoms with Crippen LogP contribution in [0, 0.1) is 0 Å². The first-order valence-electron chi connectivity index (χ1n) is 9.17. The molecule has 2 aromatic rings. The topological polar surface area (TPSA) is 58.9 Å². The zero-order chi connectivity index (χ0) is 20.6. The van der Waals surface area contributed by atoms with Crippen molar-refractivity contribution < 1.29 is 19.5 Å². The largest absolute Gasteiger partial charge is 0.496 e. The number of methoxy groups -OCH3 is 2. The van der Waals surface area contributed by atoms with Crippen LogP contribution in [-0.4, -0.2) is 31.4 Å². The van der Waals surface area contributed by atoms with Crippen LogP contribution in [0.25, 0.3) is 11.1 Å². The Morgan fingerprint density at radius 2 is 1.30 bits per heavy atom. The van der Waals surface area contributed by atoms with Gasteiger partial charge in [-0.15, -0.1) is 0 Å². The van der Waals surface area contributed by atoms with Crippen molar-refractivity contribution in [2.45, 2.75) is 52.4 Å². The molecule has 0 bridgehead atoms. The first-order valence-corrected chi connectivity index (χ1v) is 9.17. The van der Waals surface area contributed by atoms with Crippen LogP contribution in [0.15, 0.2) is 30.3 Å². The van der Waals surface area contributed by atoms with Crippen molar-refractivity contribution in [3.05, 3.63) is 41.5 Å². The van der Waals surface area contributed by atoms with Crippen LogP contribution in [0.2, 0.25) is 0 Å². The number of hydrogen-bond donors (Lipinski definition) is 2. The molecule has 0 spiro atoms. The zero-order valence-electron chi connectivity index (χ0n) is 17.7. The molecule has 146 valence electrons. The standard InChI is InChI=1S/C22H31BO4/c1-21(2,3)14-9-10-19(26-7)16(11-14)17-12-15(22(4,5)6)13-18(23(24)25)20(17)27-8/h9-13,24-25H,1-8H3. The van der Waals surface area contributed by atoms with Gasteiger partial charge in [0.1, 0.15) is 11.5 Å². The molecule has 0 aliphatic rings. The minimum Gasteiger partial charge on any atom is -0.496 e. The Morgan fingerprint density at radius 1 is 0.741 bits per heavy atom. The lowest BCUT2D eigenvalue weighted by Gasteiger charge is -2.25. The van der Waals surface area contributed by atoms with Gasteiger partial charge >= 0.3 is 7.12 Å². The van der Waals surface area contributed by atoms with E-state index in [0.29, 0.717) is 17.0 Å². The van der Waals surface area contributed by atoms with Crippen molar-refractivity contribution in [3.63, 3.8) is 0 Å². The maximum Gasteiger partial charge on any atom is 0.492 e. The molecule has 27 heavy (non-hydrogen) atoms. The molecule has 0 saturated carbocycles. The summed E-state index contributed by atoms with van der Waals surface area (Å²) >= 11 is 0. The monoisotopic (exact) mass is 370 g/mol. The predicted octanol–water partition coefficient (Wildman–Crippen LogP) is 3.65. The van der Waals surface area contributed by atoms with Gasteiger partial charge in [-0.25, -0.2) is 0 Å². The van der Waals surface area contributed by atoms with Crippen LogP contribution in [-0.2, 0) is 10.8 Å². The molecule has 2 N–H and O–H groups in total. The van der Waals surface area contributed by atoms with Crippen LogP contribution in [0.3, 0.4) is 0 Å². The maximum atomic E-state index is 9.95. The fraction of sp³-hybridized carbons (Fsp3) is 0.455. The Hall–Kier alpha value is -1.98. The number of hydrogen-bond acceptors (Lipinski definition) is 4. The second kappa shape index (κ2) is 7.57. The SMILES string of the molecule is COc1ccc(C(C)(C)C)cc1-c1cc(C(C)(C)C)cc(B(O)O)c1OC. The third-order valence-corrected chi connectivity index (χ3v) is 4.82. The van der Waals surface area contributed by atoms with Crippen LogP contribution in [0.5, 0.6) is 11.5 Å². The van der Waals surface area contributed by atoms with Crippen molar-refractivity contribution in [2.75, 3.05) is 14.2 Å². The molecule has 2 rings (SSSR count). The summed E-state index contributed by atoms with van der Waals surface area (Å²) in [6, 6.07) is 9.96. The molecule has 0 unspecified atom stereocenters. The van der Waals surface area contributed by atoms with Gasteiger partial charge < -0.3 is 19.5 Å². The van der Waals surface area contributed by atoms with E-state index in [9.17, 15) is 10.0 Å². The molecule has 4 nitrogen and oxygen atoms in total. The molecule has 2 aromatic carbocycles. The summed E-state index contributed by atoms with van der Waals surface area (Å²) in [5, 5.41) is 19.9. The first-order chi connectivity index (χ1) is 12.4. The molecule has 0 aliphatic carbocycles. The molecular formula is C22H31BO4. The minimum absolute atomic E-state index is 0.0325. The zero-order valence-corrected chi connectivity index (χ0v) is 17.7. The number of rotatable bonds is 4. The second-order valence-electron chi connectivity index (χ2n) is 8.94. The van der Waals surface area contributed by atoms with Crippen molar-refractivity contribution in [1.29, 1.82) is 0 Å².